The Kier molecular flexibility index (Phi) is 4.22. The number of carbonyl (C=O) groups excluding carboxylic acids is 2. The van der Waals surface area contributed by atoms with Crippen molar-refractivity contribution < 1.29 is 9.59 Å². The molecule has 2 fully saturated rings. The Morgan fingerprint density at radius 3 is 2.33 bits per heavy atom. The summed E-state index contributed by atoms with van der Waals surface area (Å²) in [4.78, 5) is 25.6. The summed E-state index contributed by atoms with van der Waals surface area (Å²) in [5, 5.41) is 6.11. The van der Waals surface area contributed by atoms with E-state index in [4.69, 9.17) is 0 Å². The van der Waals surface area contributed by atoms with Crippen molar-refractivity contribution in [3.63, 3.8) is 0 Å². The molecular formula is C13H23N3O2. The van der Waals surface area contributed by atoms with E-state index in [-0.39, 0.29) is 11.4 Å². The largest absolute Gasteiger partial charge is 0.343 e. The molecule has 0 aromatic heterocycles. The molecule has 102 valence electrons. The van der Waals surface area contributed by atoms with Crippen molar-refractivity contribution in [2.45, 2.75) is 44.6 Å². The number of nitrogens with zero attached hydrogens (tertiary/aromatic N) is 1. The maximum Gasteiger partial charge on any atom is 0.311 e. The second-order valence-electron chi connectivity index (χ2n) is 5.62. The van der Waals surface area contributed by atoms with E-state index >= 15 is 0 Å². The van der Waals surface area contributed by atoms with Crippen LogP contribution in [0.2, 0.25) is 0 Å². The van der Waals surface area contributed by atoms with E-state index in [1.54, 1.807) is 4.90 Å². The predicted octanol–water partition coefficient (Wildman–Crippen LogP) is 0.257. The molecule has 1 saturated heterocycles. The number of nitrogens with one attached hydrogen (secondary N) is 2. The summed E-state index contributed by atoms with van der Waals surface area (Å²) < 4.78 is 0. The van der Waals surface area contributed by atoms with Crippen LogP contribution in [0.4, 0.5) is 0 Å². The first kappa shape index (κ1) is 13.3. The summed E-state index contributed by atoms with van der Waals surface area (Å²) in [6.07, 6.45) is 5.47. The maximum atomic E-state index is 12.0. The fraction of sp³-hybridized carbons (Fsp3) is 0.846. The van der Waals surface area contributed by atoms with Gasteiger partial charge in [-0.15, -0.1) is 0 Å². The highest BCUT2D eigenvalue weighted by atomic mass is 16.2. The van der Waals surface area contributed by atoms with Crippen molar-refractivity contribution in [1.29, 1.82) is 0 Å². The quantitative estimate of drug-likeness (QED) is 0.659. The molecule has 0 aromatic rings. The highest BCUT2D eigenvalue weighted by molar-refractivity contribution is 6.35. The molecule has 0 aromatic carbocycles. The third-order valence-electron chi connectivity index (χ3n) is 3.97. The molecule has 2 rings (SSSR count). The van der Waals surface area contributed by atoms with Crippen LogP contribution < -0.4 is 10.6 Å². The fourth-order valence-corrected chi connectivity index (χ4v) is 2.80. The topological polar surface area (TPSA) is 61.4 Å². The molecule has 0 spiro atoms. The Labute approximate surface area is 108 Å². The van der Waals surface area contributed by atoms with Gasteiger partial charge in [0.1, 0.15) is 0 Å². The third-order valence-corrected chi connectivity index (χ3v) is 3.97. The van der Waals surface area contributed by atoms with Gasteiger partial charge in [-0.2, -0.15) is 0 Å². The molecule has 2 N–H and O–H groups in total. The van der Waals surface area contributed by atoms with Crippen LogP contribution in [-0.4, -0.2) is 48.4 Å². The van der Waals surface area contributed by atoms with Crippen molar-refractivity contribution in [3.8, 4) is 0 Å². The minimum absolute atomic E-state index is 0.182. The zero-order valence-electron chi connectivity index (χ0n) is 11.1. The van der Waals surface area contributed by atoms with Gasteiger partial charge in [0, 0.05) is 31.7 Å². The third kappa shape index (κ3) is 3.22. The van der Waals surface area contributed by atoms with Gasteiger partial charge in [0.05, 0.1) is 0 Å². The number of hydrogen-bond donors (Lipinski definition) is 2. The molecule has 1 aliphatic heterocycles. The Hall–Kier alpha value is -1.10. The lowest BCUT2D eigenvalue weighted by Crippen LogP contribution is -2.56. The van der Waals surface area contributed by atoms with Gasteiger partial charge in [0.2, 0.25) is 0 Å². The molecule has 0 unspecified atom stereocenters. The van der Waals surface area contributed by atoms with Crippen LogP contribution in [0, 0.1) is 0 Å². The van der Waals surface area contributed by atoms with Gasteiger partial charge < -0.3 is 15.5 Å². The van der Waals surface area contributed by atoms with Gasteiger partial charge in [0.25, 0.3) is 0 Å². The van der Waals surface area contributed by atoms with Gasteiger partial charge in [-0.05, 0) is 19.8 Å². The highest BCUT2D eigenvalue weighted by Crippen LogP contribution is 2.27. The van der Waals surface area contributed by atoms with Crippen LogP contribution in [0.5, 0.6) is 0 Å². The molecular weight excluding hydrogens is 230 g/mol. The molecule has 5 nitrogen and oxygen atoms in total. The molecule has 0 atom stereocenters. The lowest BCUT2D eigenvalue weighted by molar-refractivity contribution is -0.147. The lowest BCUT2D eigenvalue weighted by Gasteiger charge is -2.35. The van der Waals surface area contributed by atoms with Gasteiger partial charge >= 0.3 is 11.8 Å². The van der Waals surface area contributed by atoms with Crippen molar-refractivity contribution in [2.24, 2.45) is 0 Å². The first-order valence-electron chi connectivity index (χ1n) is 6.93. The number of piperazine rings is 1. The van der Waals surface area contributed by atoms with Gasteiger partial charge in [-0.3, -0.25) is 9.59 Å². The van der Waals surface area contributed by atoms with E-state index in [0.29, 0.717) is 13.1 Å². The summed E-state index contributed by atoms with van der Waals surface area (Å²) in [6.45, 7) is 4.85. The summed E-state index contributed by atoms with van der Waals surface area (Å²) in [5.74, 6) is -0.801. The van der Waals surface area contributed by atoms with E-state index < -0.39 is 5.91 Å². The first-order valence-corrected chi connectivity index (χ1v) is 6.93. The zero-order valence-corrected chi connectivity index (χ0v) is 11.1. The standard InChI is InChI=1S/C13H23N3O2/c1-13(5-3-2-4-6-13)15-11(17)12(18)16-9-7-14-8-10-16/h14H,2-10H2,1H3,(H,15,17). The highest BCUT2D eigenvalue weighted by Gasteiger charge is 2.32. The zero-order chi connectivity index (χ0) is 13.0. The average molecular weight is 253 g/mol. The molecule has 1 aliphatic carbocycles. The normalized spacial score (nSPS) is 23.5. The van der Waals surface area contributed by atoms with Crippen LogP contribution in [0.25, 0.3) is 0 Å². The minimum Gasteiger partial charge on any atom is -0.343 e. The average Bonchev–Trinajstić information content (AvgIpc) is 2.39. The summed E-state index contributed by atoms with van der Waals surface area (Å²) >= 11 is 0. The lowest BCUT2D eigenvalue weighted by atomic mass is 9.83. The van der Waals surface area contributed by atoms with Crippen LogP contribution in [0.1, 0.15) is 39.0 Å². The van der Waals surface area contributed by atoms with Crippen molar-refractivity contribution >= 4 is 11.8 Å². The number of carbonyl (C=O) groups is 2. The molecule has 2 aliphatic rings. The summed E-state index contributed by atoms with van der Waals surface area (Å²) in [7, 11) is 0. The van der Waals surface area contributed by atoms with Gasteiger partial charge in [-0.1, -0.05) is 19.3 Å². The second kappa shape index (κ2) is 5.69. The van der Waals surface area contributed by atoms with Crippen molar-refractivity contribution in [2.75, 3.05) is 26.2 Å². The van der Waals surface area contributed by atoms with Crippen molar-refractivity contribution in [3.05, 3.63) is 0 Å². The first-order chi connectivity index (χ1) is 8.61. The summed E-state index contributed by atoms with van der Waals surface area (Å²) in [5.41, 5.74) is -0.182. The second-order valence-corrected chi connectivity index (χ2v) is 5.62. The van der Waals surface area contributed by atoms with E-state index in [2.05, 4.69) is 17.6 Å². The molecule has 5 heteroatoms. The SMILES string of the molecule is CC1(NC(=O)C(=O)N2CCNCC2)CCCCC1. The molecule has 1 heterocycles. The fourth-order valence-electron chi connectivity index (χ4n) is 2.80. The van der Waals surface area contributed by atoms with E-state index in [0.717, 1.165) is 38.8 Å². The molecule has 18 heavy (non-hydrogen) atoms. The Morgan fingerprint density at radius 1 is 1.11 bits per heavy atom. The van der Waals surface area contributed by atoms with Crippen molar-refractivity contribution in [1.82, 2.24) is 15.5 Å². The van der Waals surface area contributed by atoms with Gasteiger partial charge in [-0.25, -0.2) is 0 Å². The molecule has 2 amide bonds. The van der Waals surface area contributed by atoms with Crippen LogP contribution >= 0.6 is 0 Å². The number of hydrogen-bond acceptors (Lipinski definition) is 3. The maximum absolute atomic E-state index is 12.0. The molecule has 0 radical (unpaired) electrons. The van der Waals surface area contributed by atoms with E-state index in [1.165, 1.54) is 6.42 Å². The van der Waals surface area contributed by atoms with E-state index in [1.807, 2.05) is 0 Å². The Bertz CT molecular complexity index is 318. The van der Waals surface area contributed by atoms with Gasteiger partial charge in [0.15, 0.2) is 0 Å². The number of rotatable bonds is 1. The monoisotopic (exact) mass is 253 g/mol. The minimum atomic E-state index is -0.429. The Balaban J connectivity index is 1.88. The molecule has 1 saturated carbocycles. The Morgan fingerprint density at radius 2 is 1.72 bits per heavy atom. The summed E-state index contributed by atoms with van der Waals surface area (Å²) in [6, 6.07) is 0. The molecule has 0 bridgehead atoms. The predicted molar refractivity (Wildman–Crippen MR) is 69.1 cm³/mol. The number of amides is 2. The van der Waals surface area contributed by atoms with Crippen LogP contribution in [0.15, 0.2) is 0 Å². The van der Waals surface area contributed by atoms with E-state index in [9.17, 15) is 9.59 Å². The van der Waals surface area contributed by atoms with Crippen LogP contribution in [-0.2, 0) is 9.59 Å². The smallest absolute Gasteiger partial charge is 0.311 e. The van der Waals surface area contributed by atoms with Crippen LogP contribution in [0.3, 0.4) is 0 Å².